The van der Waals surface area contributed by atoms with Crippen molar-refractivity contribution in [1.29, 1.82) is 0 Å². The van der Waals surface area contributed by atoms with Crippen molar-refractivity contribution in [3.8, 4) is 0 Å². The van der Waals surface area contributed by atoms with E-state index in [0.717, 1.165) is 6.42 Å². The number of rotatable bonds is 4. The van der Waals surface area contributed by atoms with Crippen LogP contribution in [0.2, 0.25) is 0 Å². The smallest absolute Gasteiger partial charge is 0.280 e. The zero-order valence-electron chi connectivity index (χ0n) is 9.00. The molecular formula is C9H12N6O2. The second kappa shape index (κ2) is 4.64. The van der Waals surface area contributed by atoms with Gasteiger partial charge in [-0.25, -0.2) is 4.98 Å². The standard InChI is InChI=1S/C9H12N6O2/c10-9-13-7-6(8(16)14-9)11-5-15(7)4-2-1-3-12-17/h3,5,17H,1-2,4H2,(H3,10,13,14,16)/b12-3+. The Labute approximate surface area is 95.8 Å². The van der Waals surface area contributed by atoms with Crippen molar-refractivity contribution in [3.05, 3.63) is 16.7 Å². The molecule has 0 aliphatic rings. The van der Waals surface area contributed by atoms with Crippen LogP contribution in [0.15, 0.2) is 16.3 Å². The largest absolute Gasteiger partial charge is 0.411 e. The highest BCUT2D eigenvalue weighted by atomic mass is 16.4. The van der Waals surface area contributed by atoms with E-state index in [1.165, 1.54) is 6.21 Å². The highest BCUT2D eigenvalue weighted by Gasteiger charge is 2.08. The predicted octanol–water partition coefficient (Wildman–Crippen LogP) is -0.0580. The molecule has 4 N–H and O–H groups in total. The van der Waals surface area contributed by atoms with Crippen molar-refractivity contribution in [3.63, 3.8) is 0 Å². The number of oxime groups is 1. The minimum Gasteiger partial charge on any atom is -0.411 e. The number of H-pyrrole nitrogens is 1. The molecule has 0 bridgehead atoms. The molecule has 90 valence electrons. The first kappa shape index (κ1) is 11.1. The van der Waals surface area contributed by atoms with Crippen molar-refractivity contribution >= 4 is 23.3 Å². The van der Waals surface area contributed by atoms with E-state index in [4.69, 9.17) is 10.9 Å². The summed E-state index contributed by atoms with van der Waals surface area (Å²) in [6.07, 6.45) is 4.34. The summed E-state index contributed by atoms with van der Waals surface area (Å²) in [5.41, 5.74) is 5.86. The molecule has 2 aromatic rings. The topological polar surface area (TPSA) is 122 Å². The van der Waals surface area contributed by atoms with Crippen LogP contribution in [0, 0.1) is 0 Å². The molecule has 17 heavy (non-hydrogen) atoms. The first-order valence-corrected chi connectivity index (χ1v) is 5.09. The van der Waals surface area contributed by atoms with Crippen LogP contribution in [0.25, 0.3) is 11.2 Å². The number of aromatic amines is 1. The summed E-state index contributed by atoms with van der Waals surface area (Å²) < 4.78 is 1.74. The average Bonchev–Trinajstić information content (AvgIpc) is 2.68. The van der Waals surface area contributed by atoms with Crippen molar-refractivity contribution < 1.29 is 5.21 Å². The minimum absolute atomic E-state index is 0.0705. The molecule has 0 aliphatic carbocycles. The second-order valence-corrected chi connectivity index (χ2v) is 3.50. The summed E-state index contributed by atoms with van der Waals surface area (Å²) in [6.45, 7) is 0.623. The minimum atomic E-state index is -0.344. The number of anilines is 1. The third-order valence-corrected chi connectivity index (χ3v) is 2.31. The summed E-state index contributed by atoms with van der Waals surface area (Å²) in [6, 6.07) is 0. The van der Waals surface area contributed by atoms with Gasteiger partial charge in [0.25, 0.3) is 5.56 Å². The third-order valence-electron chi connectivity index (χ3n) is 2.31. The number of aryl methyl sites for hydroxylation is 1. The number of nitrogen functional groups attached to an aromatic ring is 1. The molecule has 0 spiro atoms. The van der Waals surface area contributed by atoms with Gasteiger partial charge in [0.1, 0.15) is 0 Å². The Balaban J connectivity index is 2.26. The highest BCUT2D eigenvalue weighted by Crippen LogP contribution is 2.07. The first-order chi connectivity index (χ1) is 8.22. The molecule has 0 fully saturated rings. The van der Waals surface area contributed by atoms with Crippen molar-refractivity contribution in [2.75, 3.05) is 5.73 Å². The molecule has 0 radical (unpaired) electrons. The molecule has 8 heteroatoms. The Hall–Kier alpha value is -2.38. The molecule has 8 nitrogen and oxygen atoms in total. The van der Waals surface area contributed by atoms with Gasteiger partial charge in [0.05, 0.1) is 6.33 Å². The summed E-state index contributed by atoms with van der Waals surface area (Å²) in [7, 11) is 0. The number of unbranched alkanes of at least 4 members (excludes halogenated alkanes) is 1. The lowest BCUT2D eigenvalue weighted by Crippen LogP contribution is -2.12. The summed E-state index contributed by atoms with van der Waals surface area (Å²) in [5, 5.41) is 11.1. The molecule has 0 aliphatic heterocycles. The van der Waals surface area contributed by atoms with Gasteiger partial charge in [-0.1, -0.05) is 0 Å². The van der Waals surface area contributed by atoms with Crippen LogP contribution in [-0.2, 0) is 6.54 Å². The maximum atomic E-state index is 11.5. The van der Waals surface area contributed by atoms with Gasteiger partial charge < -0.3 is 15.5 Å². The maximum Gasteiger partial charge on any atom is 0.280 e. The zero-order valence-corrected chi connectivity index (χ0v) is 9.00. The van der Waals surface area contributed by atoms with E-state index in [0.29, 0.717) is 18.6 Å². The van der Waals surface area contributed by atoms with E-state index in [2.05, 4.69) is 20.1 Å². The quantitative estimate of drug-likeness (QED) is 0.297. The Kier molecular flexibility index (Phi) is 3.03. The highest BCUT2D eigenvalue weighted by molar-refractivity contribution is 5.70. The molecular weight excluding hydrogens is 224 g/mol. The fourth-order valence-electron chi connectivity index (χ4n) is 1.55. The van der Waals surface area contributed by atoms with E-state index in [1.54, 1.807) is 10.9 Å². The fraction of sp³-hybridized carbons (Fsp3) is 0.333. The van der Waals surface area contributed by atoms with Crippen LogP contribution in [0.3, 0.4) is 0 Å². The van der Waals surface area contributed by atoms with Gasteiger partial charge in [-0.15, -0.1) is 5.16 Å². The summed E-state index contributed by atoms with van der Waals surface area (Å²) in [5.74, 6) is 0.0705. The van der Waals surface area contributed by atoms with E-state index >= 15 is 0 Å². The molecule has 2 rings (SSSR count). The van der Waals surface area contributed by atoms with E-state index in [9.17, 15) is 4.79 Å². The normalized spacial score (nSPS) is 11.5. The number of nitrogens with zero attached hydrogens (tertiary/aromatic N) is 4. The van der Waals surface area contributed by atoms with E-state index < -0.39 is 0 Å². The molecule has 0 saturated carbocycles. The number of hydrogen-bond donors (Lipinski definition) is 3. The van der Waals surface area contributed by atoms with Gasteiger partial charge in [-0.05, 0) is 12.8 Å². The van der Waals surface area contributed by atoms with Crippen LogP contribution in [0.5, 0.6) is 0 Å². The number of fused-ring (bicyclic) bond motifs is 1. The number of hydrogen-bond acceptors (Lipinski definition) is 6. The summed E-state index contributed by atoms with van der Waals surface area (Å²) in [4.78, 5) is 21.9. The van der Waals surface area contributed by atoms with Crippen LogP contribution >= 0.6 is 0 Å². The third kappa shape index (κ3) is 2.25. The lowest BCUT2D eigenvalue weighted by molar-refractivity contribution is 0.320. The second-order valence-electron chi connectivity index (χ2n) is 3.50. The van der Waals surface area contributed by atoms with Crippen molar-refractivity contribution in [2.24, 2.45) is 5.16 Å². The average molecular weight is 236 g/mol. The molecule has 0 aromatic carbocycles. The molecule has 0 saturated heterocycles. The fourth-order valence-corrected chi connectivity index (χ4v) is 1.55. The number of imidazole rings is 1. The lowest BCUT2D eigenvalue weighted by atomic mass is 10.3. The number of nitrogens with one attached hydrogen (secondary N) is 1. The number of nitrogens with two attached hydrogens (primary N) is 1. The van der Waals surface area contributed by atoms with Gasteiger partial charge in [0.2, 0.25) is 5.95 Å². The predicted molar refractivity (Wildman–Crippen MR) is 62.1 cm³/mol. The van der Waals surface area contributed by atoms with Gasteiger partial charge in [-0.2, -0.15) is 4.98 Å². The molecule has 0 amide bonds. The Morgan fingerprint density at radius 3 is 3.24 bits per heavy atom. The SMILES string of the molecule is Nc1nc2c(ncn2CCC/C=N/O)c(=O)[nH]1. The zero-order chi connectivity index (χ0) is 12.3. The monoisotopic (exact) mass is 236 g/mol. The van der Waals surface area contributed by atoms with Gasteiger partial charge in [-0.3, -0.25) is 9.78 Å². The van der Waals surface area contributed by atoms with E-state index in [1.807, 2.05) is 0 Å². The Morgan fingerprint density at radius 2 is 2.47 bits per heavy atom. The van der Waals surface area contributed by atoms with Gasteiger partial charge in [0.15, 0.2) is 11.2 Å². The molecule has 0 unspecified atom stereocenters. The Bertz CT molecular complexity index is 599. The lowest BCUT2D eigenvalue weighted by Gasteiger charge is -2.01. The van der Waals surface area contributed by atoms with Gasteiger partial charge in [0, 0.05) is 12.8 Å². The van der Waals surface area contributed by atoms with E-state index in [-0.39, 0.29) is 17.0 Å². The summed E-state index contributed by atoms with van der Waals surface area (Å²) >= 11 is 0. The Morgan fingerprint density at radius 1 is 1.65 bits per heavy atom. The van der Waals surface area contributed by atoms with Gasteiger partial charge >= 0.3 is 0 Å². The molecule has 2 heterocycles. The first-order valence-electron chi connectivity index (χ1n) is 5.09. The molecule has 2 aromatic heterocycles. The maximum absolute atomic E-state index is 11.5. The van der Waals surface area contributed by atoms with Crippen LogP contribution in [-0.4, -0.2) is 30.9 Å². The van der Waals surface area contributed by atoms with Crippen molar-refractivity contribution in [2.45, 2.75) is 19.4 Å². The van der Waals surface area contributed by atoms with Crippen LogP contribution < -0.4 is 11.3 Å². The van der Waals surface area contributed by atoms with Crippen LogP contribution in [0.4, 0.5) is 5.95 Å². The molecule has 0 atom stereocenters. The van der Waals surface area contributed by atoms with Crippen molar-refractivity contribution in [1.82, 2.24) is 19.5 Å². The van der Waals surface area contributed by atoms with Crippen LogP contribution in [0.1, 0.15) is 12.8 Å². The number of aromatic nitrogens is 4.